The zero-order valence-electron chi connectivity index (χ0n) is 18.8. The normalized spacial score (nSPS) is 9.81. The number of nitrogens with one attached hydrogen (secondary N) is 1. The SMILES string of the molecule is C=C.CC.Cc1ccc(Nc2ccc(N)cc2-c2cn(C)c(=O)c3ccccc23)cc1. The van der Waals surface area contributed by atoms with E-state index in [1.54, 1.807) is 11.6 Å². The van der Waals surface area contributed by atoms with Crippen molar-refractivity contribution < 1.29 is 0 Å². The van der Waals surface area contributed by atoms with Gasteiger partial charge in [-0.3, -0.25) is 4.79 Å². The number of nitrogens with two attached hydrogens (primary N) is 1. The van der Waals surface area contributed by atoms with Gasteiger partial charge in [0.1, 0.15) is 0 Å². The van der Waals surface area contributed by atoms with Gasteiger partial charge in [-0.15, -0.1) is 13.2 Å². The molecule has 3 aromatic carbocycles. The van der Waals surface area contributed by atoms with Gasteiger partial charge in [-0.2, -0.15) is 0 Å². The number of pyridine rings is 1. The van der Waals surface area contributed by atoms with E-state index < -0.39 is 0 Å². The van der Waals surface area contributed by atoms with Crippen molar-refractivity contribution >= 4 is 27.8 Å². The van der Waals surface area contributed by atoms with E-state index in [-0.39, 0.29) is 5.56 Å². The van der Waals surface area contributed by atoms with Gasteiger partial charge < -0.3 is 15.6 Å². The average Bonchev–Trinajstić information content (AvgIpc) is 2.81. The molecule has 0 amide bonds. The number of benzene rings is 3. The fourth-order valence-electron chi connectivity index (χ4n) is 3.32. The topological polar surface area (TPSA) is 60.0 Å². The lowest BCUT2D eigenvalue weighted by atomic mass is 9.98. The first kappa shape index (κ1) is 23.5. The number of aryl methyl sites for hydroxylation is 2. The number of hydrogen-bond acceptors (Lipinski definition) is 3. The highest BCUT2D eigenvalue weighted by Crippen LogP contribution is 2.35. The van der Waals surface area contributed by atoms with Crippen molar-refractivity contribution in [3.8, 4) is 11.1 Å². The van der Waals surface area contributed by atoms with Gasteiger partial charge >= 0.3 is 0 Å². The maximum absolute atomic E-state index is 12.5. The Hall–Kier alpha value is -3.79. The largest absolute Gasteiger partial charge is 0.399 e. The van der Waals surface area contributed by atoms with Gasteiger partial charge in [0.05, 0.1) is 0 Å². The van der Waals surface area contributed by atoms with Crippen LogP contribution in [0.1, 0.15) is 19.4 Å². The second kappa shape index (κ2) is 10.8. The molecule has 0 aliphatic heterocycles. The van der Waals surface area contributed by atoms with Crippen molar-refractivity contribution in [2.24, 2.45) is 7.05 Å². The summed E-state index contributed by atoms with van der Waals surface area (Å²) in [6.45, 7) is 12.1. The van der Waals surface area contributed by atoms with Gasteiger partial charge in [0.2, 0.25) is 0 Å². The molecule has 4 nitrogen and oxygen atoms in total. The molecule has 4 heteroatoms. The number of rotatable bonds is 3. The second-order valence-electron chi connectivity index (χ2n) is 6.80. The van der Waals surface area contributed by atoms with E-state index in [1.807, 2.05) is 74.6 Å². The standard InChI is InChI=1S/C23H21N3O.C2H6.C2H4/c1-15-7-10-17(11-8-15)25-22-12-9-16(24)13-20(22)21-14-26(2)23(27)19-6-4-3-5-18(19)21;2*1-2/h3-14,25H,24H2,1-2H3;1-2H3;1-2H2. The number of aromatic nitrogens is 1. The maximum Gasteiger partial charge on any atom is 0.258 e. The Morgan fingerprint density at radius 1 is 0.871 bits per heavy atom. The molecule has 0 saturated heterocycles. The Bertz CT molecular complexity index is 1210. The maximum atomic E-state index is 12.5. The highest BCUT2D eigenvalue weighted by Gasteiger charge is 2.13. The first-order valence-electron chi connectivity index (χ1n) is 10.3. The summed E-state index contributed by atoms with van der Waals surface area (Å²) in [6, 6.07) is 21.7. The lowest BCUT2D eigenvalue weighted by Gasteiger charge is -2.16. The molecular weight excluding hydrogens is 382 g/mol. The first-order valence-corrected chi connectivity index (χ1v) is 10.3. The summed E-state index contributed by atoms with van der Waals surface area (Å²) in [6.07, 6.45) is 1.87. The molecule has 0 radical (unpaired) electrons. The molecule has 0 unspecified atom stereocenters. The number of hydrogen-bond donors (Lipinski definition) is 2. The molecule has 4 rings (SSSR count). The third-order valence-electron chi connectivity index (χ3n) is 4.76. The summed E-state index contributed by atoms with van der Waals surface area (Å²) in [5.74, 6) is 0. The van der Waals surface area contributed by atoms with Gasteiger partial charge in [-0.1, -0.05) is 49.7 Å². The number of anilines is 3. The Kier molecular flexibility index (Phi) is 8.21. The number of nitrogen functional groups attached to an aromatic ring is 1. The fraction of sp³-hybridized carbons (Fsp3) is 0.148. The van der Waals surface area contributed by atoms with E-state index >= 15 is 0 Å². The zero-order valence-corrected chi connectivity index (χ0v) is 18.8. The van der Waals surface area contributed by atoms with E-state index in [1.165, 1.54) is 5.56 Å². The summed E-state index contributed by atoms with van der Waals surface area (Å²) in [5, 5.41) is 5.09. The lowest BCUT2D eigenvalue weighted by molar-refractivity contribution is 0.875. The van der Waals surface area contributed by atoms with Gasteiger partial charge in [0.15, 0.2) is 0 Å². The molecule has 0 fully saturated rings. The predicted octanol–water partition coefficient (Wildman–Crippen LogP) is 6.67. The van der Waals surface area contributed by atoms with Crippen molar-refractivity contribution in [1.82, 2.24) is 4.57 Å². The van der Waals surface area contributed by atoms with Crippen LogP contribution in [0.5, 0.6) is 0 Å². The Balaban J connectivity index is 0.000000807. The van der Waals surface area contributed by atoms with Crippen LogP contribution in [0.25, 0.3) is 21.9 Å². The second-order valence-corrected chi connectivity index (χ2v) is 6.80. The van der Waals surface area contributed by atoms with Gasteiger partial charge in [-0.05, 0) is 48.7 Å². The van der Waals surface area contributed by atoms with Crippen LogP contribution < -0.4 is 16.6 Å². The van der Waals surface area contributed by atoms with Crippen molar-refractivity contribution in [3.63, 3.8) is 0 Å². The third-order valence-corrected chi connectivity index (χ3v) is 4.76. The molecule has 3 N–H and O–H groups in total. The van der Waals surface area contributed by atoms with Crippen molar-refractivity contribution in [2.45, 2.75) is 20.8 Å². The summed E-state index contributed by atoms with van der Waals surface area (Å²) >= 11 is 0. The van der Waals surface area contributed by atoms with Crippen LogP contribution in [0.3, 0.4) is 0 Å². The molecule has 160 valence electrons. The first-order chi connectivity index (χ1) is 15.0. The molecule has 4 aromatic rings. The monoisotopic (exact) mass is 413 g/mol. The predicted molar refractivity (Wildman–Crippen MR) is 136 cm³/mol. The molecule has 0 aliphatic carbocycles. The smallest absolute Gasteiger partial charge is 0.258 e. The number of fused-ring (bicyclic) bond motifs is 1. The van der Waals surface area contributed by atoms with E-state index in [0.29, 0.717) is 11.1 Å². The summed E-state index contributed by atoms with van der Waals surface area (Å²) in [5.41, 5.74) is 11.8. The van der Waals surface area contributed by atoms with Crippen LogP contribution >= 0.6 is 0 Å². The van der Waals surface area contributed by atoms with Crippen molar-refractivity contribution in [1.29, 1.82) is 0 Å². The molecular formula is C27H31N3O. The summed E-state index contributed by atoms with van der Waals surface area (Å²) in [7, 11) is 1.78. The lowest BCUT2D eigenvalue weighted by Crippen LogP contribution is -2.16. The van der Waals surface area contributed by atoms with Crippen LogP contribution in [-0.4, -0.2) is 4.57 Å². The molecule has 1 aromatic heterocycles. The van der Waals surface area contributed by atoms with Crippen LogP contribution in [0.4, 0.5) is 17.1 Å². The van der Waals surface area contributed by atoms with Crippen LogP contribution in [0.15, 0.2) is 90.9 Å². The van der Waals surface area contributed by atoms with Crippen LogP contribution in [-0.2, 0) is 7.05 Å². The van der Waals surface area contributed by atoms with Crippen LogP contribution in [0.2, 0.25) is 0 Å². The van der Waals surface area contributed by atoms with Gasteiger partial charge in [-0.25, -0.2) is 0 Å². The van der Waals surface area contributed by atoms with Gasteiger partial charge in [0.25, 0.3) is 5.56 Å². The minimum atomic E-state index is -0.00806. The minimum Gasteiger partial charge on any atom is -0.399 e. The van der Waals surface area contributed by atoms with Gasteiger partial charge in [0, 0.05) is 46.8 Å². The van der Waals surface area contributed by atoms with Crippen LogP contribution in [0, 0.1) is 6.92 Å². The van der Waals surface area contributed by atoms with E-state index in [2.05, 4.69) is 37.5 Å². The molecule has 1 heterocycles. The Morgan fingerprint density at radius 3 is 2.13 bits per heavy atom. The fourth-order valence-corrected chi connectivity index (χ4v) is 3.32. The average molecular weight is 414 g/mol. The van der Waals surface area contributed by atoms with E-state index in [4.69, 9.17) is 5.73 Å². The van der Waals surface area contributed by atoms with Crippen molar-refractivity contribution in [3.05, 3.63) is 102 Å². The molecule has 0 saturated carbocycles. The zero-order chi connectivity index (χ0) is 23.0. The molecule has 0 aliphatic rings. The Labute approximate surface area is 184 Å². The minimum absolute atomic E-state index is 0.00806. The molecule has 0 bridgehead atoms. The quantitative estimate of drug-likeness (QED) is 0.291. The Morgan fingerprint density at radius 2 is 1.48 bits per heavy atom. The molecule has 0 spiro atoms. The summed E-state index contributed by atoms with van der Waals surface area (Å²) in [4.78, 5) is 12.5. The highest BCUT2D eigenvalue weighted by atomic mass is 16.1. The molecule has 0 atom stereocenters. The highest BCUT2D eigenvalue weighted by molar-refractivity contribution is 5.99. The summed E-state index contributed by atoms with van der Waals surface area (Å²) < 4.78 is 1.62. The van der Waals surface area contributed by atoms with Crippen molar-refractivity contribution in [2.75, 3.05) is 11.1 Å². The third kappa shape index (κ3) is 5.23. The molecule has 31 heavy (non-hydrogen) atoms. The number of nitrogens with zero attached hydrogens (tertiary/aromatic N) is 1. The van der Waals surface area contributed by atoms with E-state index in [9.17, 15) is 4.79 Å². The van der Waals surface area contributed by atoms with E-state index in [0.717, 1.165) is 27.9 Å².